The highest BCUT2D eigenvalue weighted by Crippen LogP contribution is 2.27. The van der Waals surface area contributed by atoms with Crippen LogP contribution in [0.3, 0.4) is 0 Å². The second-order valence-corrected chi connectivity index (χ2v) is 3.50. The molecule has 1 fully saturated rings. The molecule has 0 saturated carbocycles. The Morgan fingerprint density at radius 1 is 1.58 bits per heavy atom. The number of carbonyl (C=O) groups is 1. The van der Waals surface area contributed by atoms with Crippen molar-refractivity contribution < 1.29 is 19.4 Å². The van der Waals surface area contributed by atoms with Crippen LogP contribution in [0.4, 0.5) is 0 Å². The summed E-state index contributed by atoms with van der Waals surface area (Å²) in [6.45, 7) is 4.14. The summed E-state index contributed by atoms with van der Waals surface area (Å²) in [6.07, 6.45) is 0.419. The Kier molecular flexibility index (Phi) is 2.69. The minimum atomic E-state index is -0.825. The Morgan fingerprint density at radius 3 is 2.67 bits per heavy atom. The van der Waals surface area contributed by atoms with E-state index in [1.165, 1.54) is 0 Å². The van der Waals surface area contributed by atoms with Gasteiger partial charge in [0.1, 0.15) is 6.79 Å². The second kappa shape index (κ2) is 3.41. The second-order valence-electron chi connectivity index (χ2n) is 3.50. The number of hydrogen-bond acceptors (Lipinski definition) is 3. The van der Waals surface area contributed by atoms with Gasteiger partial charge in [0.25, 0.3) is 0 Å². The van der Waals surface area contributed by atoms with E-state index in [0.29, 0.717) is 13.0 Å². The predicted octanol–water partition coefficient (Wildman–Crippen LogP) is 0.860. The highest BCUT2D eigenvalue weighted by molar-refractivity contribution is 5.74. The molecule has 0 aromatic rings. The lowest BCUT2D eigenvalue weighted by atomic mass is 9.85. The molecule has 4 nitrogen and oxygen atoms in total. The van der Waals surface area contributed by atoms with Crippen molar-refractivity contribution in [1.82, 2.24) is 0 Å². The summed E-state index contributed by atoms with van der Waals surface area (Å²) >= 11 is 0. The summed E-state index contributed by atoms with van der Waals surface area (Å²) in [6, 6.07) is 0. The van der Waals surface area contributed by atoms with Gasteiger partial charge in [0.05, 0.1) is 18.1 Å². The molecule has 1 unspecified atom stereocenters. The van der Waals surface area contributed by atoms with Crippen molar-refractivity contribution in [2.45, 2.75) is 26.4 Å². The van der Waals surface area contributed by atoms with Gasteiger partial charge in [-0.2, -0.15) is 0 Å². The average molecular weight is 174 g/mol. The van der Waals surface area contributed by atoms with Crippen LogP contribution in [-0.4, -0.2) is 30.6 Å². The van der Waals surface area contributed by atoms with Crippen LogP contribution in [0.1, 0.15) is 20.3 Å². The Hall–Kier alpha value is -0.610. The lowest BCUT2D eigenvalue weighted by Crippen LogP contribution is -2.42. The maximum atomic E-state index is 10.8. The van der Waals surface area contributed by atoms with Crippen LogP contribution in [0.2, 0.25) is 0 Å². The molecule has 0 aliphatic carbocycles. The van der Waals surface area contributed by atoms with Gasteiger partial charge in [0.15, 0.2) is 0 Å². The Labute approximate surface area is 71.5 Å². The first-order valence-corrected chi connectivity index (χ1v) is 3.98. The van der Waals surface area contributed by atoms with Gasteiger partial charge >= 0.3 is 5.97 Å². The van der Waals surface area contributed by atoms with E-state index in [4.69, 9.17) is 14.6 Å². The maximum absolute atomic E-state index is 10.8. The third-order valence-electron chi connectivity index (χ3n) is 2.23. The summed E-state index contributed by atoms with van der Waals surface area (Å²) < 4.78 is 10.2. The third kappa shape index (κ3) is 1.76. The van der Waals surface area contributed by atoms with Crippen LogP contribution < -0.4 is 0 Å². The number of ether oxygens (including phenoxy) is 2. The topological polar surface area (TPSA) is 55.8 Å². The lowest BCUT2D eigenvalue weighted by Gasteiger charge is -2.32. The van der Waals surface area contributed by atoms with E-state index < -0.39 is 11.4 Å². The first kappa shape index (κ1) is 9.48. The molecule has 0 amide bonds. The molecular weight excluding hydrogens is 160 g/mol. The lowest BCUT2D eigenvalue weighted by molar-refractivity contribution is -0.187. The molecule has 0 spiro atoms. The van der Waals surface area contributed by atoms with Crippen molar-refractivity contribution in [3.8, 4) is 0 Å². The van der Waals surface area contributed by atoms with Crippen molar-refractivity contribution in [1.29, 1.82) is 0 Å². The van der Waals surface area contributed by atoms with Crippen molar-refractivity contribution in [2.75, 3.05) is 13.4 Å². The SMILES string of the molecule is CC(C)(C(=O)O)C1CCOCO1. The molecule has 1 aliphatic heterocycles. The largest absolute Gasteiger partial charge is 0.481 e. The predicted molar refractivity (Wildman–Crippen MR) is 41.7 cm³/mol. The Balaban J connectivity index is 2.59. The fourth-order valence-corrected chi connectivity index (χ4v) is 1.17. The summed E-state index contributed by atoms with van der Waals surface area (Å²) in [4.78, 5) is 10.8. The summed E-state index contributed by atoms with van der Waals surface area (Å²) in [5.41, 5.74) is -0.816. The average Bonchev–Trinajstić information content (AvgIpc) is 2.06. The van der Waals surface area contributed by atoms with E-state index in [9.17, 15) is 4.79 Å². The fourth-order valence-electron chi connectivity index (χ4n) is 1.17. The molecule has 70 valence electrons. The maximum Gasteiger partial charge on any atom is 0.311 e. The highest BCUT2D eigenvalue weighted by atomic mass is 16.7. The molecule has 1 rings (SSSR count). The fraction of sp³-hybridized carbons (Fsp3) is 0.875. The molecule has 0 bridgehead atoms. The molecular formula is C8H14O4. The van der Waals surface area contributed by atoms with Crippen LogP contribution in [0.15, 0.2) is 0 Å². The van der Waals surface area contributed by atoms with Crippen LogP contribution in [-0.2, 0) is 14.3 Å². The van der Waals surface area contributed by atoms with Crippen molar-refractivity contribution >= 4 is 5.97 Å². The van der Waals surface area contributed by atoms with E-state index in [1.54, 1.807) is 13.8 Å². The van der Waals surface area contributed by atoms with E-state index in [0.717, 1.165) is 0 Å². The zero-order valence-corrected chi connectivity index (χ0v) is 7.37. The van der Waals surface area contributed by atoms with Crippen LogP contribution in [0.25, 0.3) is 0 Å². The van der Waals surface area contributed by atoms with Crippen molar-refractivity contribution in [2.24, 2.45) is 5.41 Å². The number of hydrogen-bond donors (Lipinski definition) is 1. The smallest absolute Gasteiger partial charge is 0.311 e. The monoisotopic (exact) mass is 174 g/mol. The van der Waals surface area contributed by atoms with Gasteiger partial charge in [-0.15, -0.1) is 0 Å². The first-order valence-electron chi connectivity index (χ1n) is 3.98. The van der Waals surface area contributed by atoms with Crippen molar-refractivity contribution in [3.63, 3.8) is 0 Å². The first-order chi connectivity index (χ1) is 5.55. The van der Waals surface area contributed by atoms with E-state index in [1.807, 2.05) is 0 Å². The van der Waals surface area contributed by atoms with Crippen LogP contribution in [0.5, 0.6) is 0 Å². The van der Waals surface area contributed by atoms with Gasteiger partial charge in [0.2, 0.25) is 0 Å². The Bertz CT molecular complexity index is 170. The zero-order valence-electron chi connectivity index (χ0n) is 7.37. The van der Waals surface area contributed by atoms with E-state index >= 15 is 0 Å². The van der Waals surface area contributed by atoms with Gasteiger partial charge < -0.3 is 14.6 Å². The number of carboxylic acids is 1. The standard InChI is InChI=1S/C8H14O4/c1-8(2,7(9)10)6-3-4-11-5-12-6/h6H,3-5H2,1-2H3,(H,9,10). The molecule has 1 heterocycles. The highest BCUT2D eigenvalue weighted by Gasteiger charge is 2.38. The minimum Gasteiger partial charge on any atom is -0.481 e. The Morgan fingerprint density at radius 2 is 2.25 bits per heavy atom. The molecule has 0 aromatic carbocycles. The van der Waals surface area contributed by atoms with E-state index in [-0.39, 0.29) is 12.9 Å². The summed E-state index contributed by atoms with van der Waals surface area (Å²) in [5, 5.41) is 8.87. The number of aliphatic carboxylic acids is 1. The minimum absolute atomic E-state index is 0.210. The molecule has 1 N–H and O–H groups in total. The van der Waals surface area contributed by atoms with Crippen molar-refractivity contribution in [3.05, 3.63) is 0 Å². The van der Waals surface area contributed by atoms with Gasteiger partial charge in [-0.05, 0) is 20.3 Å². The number of rotatable bonds is 2. The van der Waals surface area contributed by atoms with Gasteiger partial charge in [0, 0.05) is 0 Å². The van der Waals surface area contributed by atoms with Gasteiger partial charge in [-0.25, -0.2) is 0 Å². The summed E-state index contributed by atoms with van der Waals surface area (Å²) in [7, 11) is 0. The molecule has 1 aliphatic rings. The van der Waals surface area contributed by atoms with Gasteiger partial charge in [-0.1, -0.05) is 0 Å². The van der Waals surface area contributed by atoms with Crippen LogP contribution >= 0.6 is 0 Å². The van der Waals surface area contributed by atoms with Crippen LogP contribution in [0, 0.1) is 5.41 Å². The quantitative estimate of drug-likeness (QED) is 0.674. The normalized spacial score (nSPS) is 25.3. The molecule has 1 atom stereocenters. The molecule has 4 heteroatoms. The van der Waals surface area contributed by atoms with E-state index in [2.05, 4.69) is 0 Å². The molecule has 0 radical (unpaired) electrons. The number of carboxylic acid groups (broad SMARTS) is 1. The zero-order chi connectivity index (χ0) is 9.19. The molecule has 0 aromatic heterocycles. The molecule has 12 heavy (non-hydrogen) atoms. The van der Waals surface area contributed by atoms with Gasteiger partial charge in [-0.3, -0.25) is 4.79 Å². The third-order valence-corrected chi connectivity index (χ3v) is 2.23. The summed E-state index contributed by atoms with van der Waals surface area (Å²) in [5.74, 6) is -0.825. The molecule has 1 saturated heterocycles.